The lowest BCUT2D eigenvalue weighted by molar-refractivity contribution is 0.0785. The van der Waals surface area contributed by atoms with Crippen molar-refractivity contribution in [2.75, 3.05) is 26.2 Å². The first-order chi connectivity index (χ1) is 8.78. The van der Waals surface area contributed by atoms with E-state index in [0.717, 1.165) is 38.9 Å². The van der Waals surface area contributed by atoms with Crippen LogP contribution in [0.5, 0.6) is 0 Å². The Balaban J connectivity index is 1.86. The lowest BCUT2D eigenvalue weighted by Gasteiger charge is -2.41. The van der Waals surface area contributed by atoms with Gasteiger partial charge in [-0.05, 0) is 49.9 Å². The fraction of sp³-hybridized carbons (Fsp3) is 0.600. The molecule has 0 atom stereocenters. The molecule has 1 saturated heterocycles. The van der Waals surface area contributed by atoms with Gasteiger partial charge in [0.1, 0.15) is 0 Å². The van der Waals surface area contributed by atoms with Gasteiger partial charge in [0.15, 0.2) is 0 Å². The zero-order valence-electron chi connectivity index (χ0n) is 11.0. The highest BCUT2D eigenvalue weighted by Gasteiger charge is 2.32. The molecule has 0 radical (unpaired) electrons. The van der Waals surface area contributed by atoms with Gasteiger partial charge in [0.2, 0.25) is 0 Å². The lowest BCUT2D eigenvalue weighted by Crippen LogP contribution is -2.44. The van der Waals surface area contributed by atoms with E-state index in [1.807, 2.05) is 0 Å². The molecule has 0 aliphatic carbocycles. The molecular weight excluding hydrogens is 224 g/mol. The topological polar surface area (TPSA) is 49.5 Å². The third kappa shape index (κ3) is 3.31. The van der Waals surface area contributed by atoms with Crippen LogP contribution in [-0.4, -0.2) is 36.2 Å². The summed E-state index contributed by atoms with van der Waals surface area (Å²) in [5.41, 5.74) is 7.45. The molecular formula is C15H24N2O. The fourth-order valence-corrected chi connectivity index (χ4v) is 2.82. The van der Waals surface area contributed by atoms with E-state index in [4.69, 9.17) is 10.8 Å². The minimum absolute atomic E-state index is 0.182. The maximum absolute atomic E-state index is 9.15. The Hall–Kier alpha value is -0.900. The molecule has 3 nitrogen and oxygen atoms in total. The van der Waals surface area contributed by atoms with Gasteiger partial charge in [0.05, 0.1) is 0 Å². The molecule has 18 heavy (non-hydrogen) atoms. The average Bonchev–Trinajstić information content (AvgIpc) is 2.43. The number of nitrogens with two attached hydrogens (primary N) is 1. The van der Waals surface area contributed by atoms with Crippen LogP contribution >= 0.6 is 0 Å². The summed E-state index contributed by atoms with van der Waals surface area (Å²) in [6, 6.07) is 10.6. The van der Waals surface area contributed by atoms with Crippen LogP contribution in [0.25, 0.3) is 0 Å². The van der Waals surface area contributed by atoms with Gasteiger partial charge in [0, 0.05) is 13.2 Å². The zero-order chi connectivity index (χ0) is 12.8. The number of aliphatic hydroxyl groups excluding tert-OH is 1. The molecule has 1 aliphatic heterocycles. The second kappa shape index (κ2) is 6.32. The van der Waals surface area contributed by atoms with Gasteiger partial charge >= 0.3 is 0 Å². The van der Waals surface area contributed by atoms with E-state index in [9.17, 15) is 0 Å². The van der Waals surface area contributed by atoms with Crippen molar-refractivity contribution in [3.05, 3.63) is 35.9 Å². The van der Waals surface area contributed by atoms with Gasteiger partial charge in [-0.25, -0.2) is 0 Å². The molecule has 3 heteroatoms. The molecule has 1 aliphatic rings. The molecule has 3 N–H and O–H groups in total. The normalized spacial score (nSPS) is 19.9. The smallest absolute Gasteiger partial charge is 0.0436 e. The number of hydrogen-bond donors (Lipinski definition) is 2. The molecule has 1 heterocycles. The predicted molar refractivity (Wildman–Crippen MR) is 74.1 cm³/mol. The Morgan fingerprint density at radius 3 is 2.39 bits per heavy atom. The third-order valence-corrected chi connectivity index (χ3v) is 4.24. The molecule has 1 aromatic rings. The van der Waals surface area contributed by atoms with Gasteiger partial charge in [-0.15, -0.1) is 0 Å². The first-order valence-corrected chi connectivity index (χ1v) is 6.85. The largest absolute Gasteiger partial charge is 0.396 e. The number of nitrogens with zero attached hydrogens (tertiary/aromatic N) is 1. The molecule has 0 amide bonds. The SMILES string of the molecule is NCC1(CCO)CCN(Cc2ccccc2)CC1. The van der Waals surface area contributed by atoms with Crippen LogP contribution in [0.2, 0.25) is 0 Å². The summed E-state index contributed by atoms with van der Waals surface area (Å²) >= 11 is 0. The maximum Gasteiger partial charge on any atom is 0.0436 e. The van der Waals surface area contributed by atoms with Gasteiger partial charge in [0.25, 0.3) is 0 Å². The summed E-state index contributed by atoms with van der Waals surface area (Å²) < 4.78 is 0. The van der Waals surface area contributed by atoms with Crippen LogP contribution < -0.4 is 5.73 Å². The Kier molecular flexibility index (Phi) is 4.75. The average molecular weight is 248 g/mol. The summed E-state index contributed by atoms with van der Waals surface area (Å²) in [5, 5.41) is 9.15. The molecule has 0 saturated carbocycles. The minimum Gasteiger partial charge on any atom is -0.396 e. The number of benzene rings is 1. The first-order valence-electron chi connectivity index (χ1n) is 6.85. The van der Waals surface area contributed by atoms with Gasteiger partial charge in [-0.2, -0.15) is 0 Å². The van der Waals surface area contributed by atoms with Crippen molar-refractivity contribution >= 4 is 0 Å². The highest BCUT2D eigenvalue weighted by molar-refractivity contribution is 5.14. The van der Waals surface area contributed by atoms with Crippen LogP contribution in [0.3, 0.4) is 0 Å². The van der Waals surface area contributed by atoms with Gasteiger partial charge in [-0.1, -0.05) is 30.3 Å². The second-order valence-electron chi connectivity index (χ2n) is 5.44. The molecule has 0 bridgehead atoms. The molecule has 1 aromatic carbocycles. The van der Waals surface area contributed by atoms with E-state index >= 15 is 0 Å². The van der Waals surface area contributed by atoms with Crippen molar-refractivity contribution in [2.45, 2.75) is 25.8 Å². The second-order valence-corrected chi connectivity index (χ2v) is 5.44. The van der Waals surface area contributed by atoms with Crippen molar-refractivity contribution in [1.29, 1.82) is 0 Å². The van der Waals surface area contributed by atoms with Crippen molar-refractivity contribution in [3.8, 4) is 0 Å². The molecule has 100 valence electrons. The van der Waals surface area contributed by atoms with Crippen LogP contribution in [0.4, 0.5) is 0 Å². The van der Waals surface area contributed by atoms with Gasteiger partial charge < -0.3 is 10.8 Å². The van der Waals surface area contributed by atoms with Crippen molar-refractivity contribution in [1.82, 2.24) is 4.90 Å². The summed E-state index contributed by atoms with van der Waals surface area (Å²) in [6.07, 6.45) is 3.07. The van der Waals surface area contributed by atoms with Crippen LogP contribution in [0, 0.1) is 5.41 Å². The molecule has 0 unspecified atom stereocenters. The molecule has 2 rings (SSSR count). The van der Waals surface area contributed by atoms with Crippen molar-refractivity contribution in [2.24, 2.45) is 11.1 Å². The van der Waals surface area contributed by atoms with Gasteiger partial charge in [-0.3, -0.25) is 4.90 Å². The lowest BCUT2D eigenvalue weighted by atomic mass is 9.76. The number of rotatable bonds is 5. The number of piperidine rings is 1. The zero-order valence-corrected chi connectivity index (χ0v) is 11.0. The van der Waals surface area contributed by atoms with Crippen LogP contribution in [0.1, 0.15) is 24.8 Å². The molecule has 1 fully saturated rings. The molecule has 0 aromatic heterocycles. The fourth-order valence-electron chi connectivity index (χ4n) is 2.82. The summed E-state index contributed by atoms with van der Waals surface area (Å²) in [6.45, 7) is 4.17. The van der Waals surface area contributed by atoms with E-state index in [1.165, 1.54) is 5.56 Å². The van der Waals surface area contributed by atoms with Crippen LogP contribution in [0.15, 0.2) is 30.3 Å². The van der Waals surface area contributed by atoms with Crippen molar-refractivity contribution < 1.29 is 5.11 Å². The number of hydrogen-bond acceptors (Lipinski definition) is 3. The highest BCUT2D eigenvalue weighted by Crippen LogP contribution is 2.34. The standard InChI is InChI=1S/C15H24N2O/c16-13-15(8-11-18)6-9-17(10-7-15)12-14-4-2-1-3-5-14/h1-5,18H,6-13,16H2. The van der Waals surface area contributed by atoms with E-state index in [-0.39, 0.29) is 12.0 Å². The third-order valence-electron chi connectivity index (χ3n) is 4.24. The Morgan fingerprint density at radius 1 is 1.17 bits per heavy atom. The molecule has 0 spiro atoms. The number of aliphatic hydroxyl groups is 1. The van der Waals surface area contributed by atoms with E-state index in [1.54, 1.807) is 0 Å². The Labute approximate surface area is 110 Å². The minimum atomic E-state index is 0.182. The quantitative estimate of drug-likeness (QED) is 0.832. The predicted octanol–water partition coefficient (Wildman–Crippen LogP) is 1.61. The Morgan fingerprint density at radius 2 is 1.83 bits per heavy atom. The summed E-state index contributed by atoms with van der Waals surface area (Å²) in [7, 11) is 0. The van der Waals surface area contributed by atoms with E-state index in [2.05, 4.69) is 35.2 Å². The first kappa shape index (κ1) is 13.5. The monoisotopic (exact) mass is 248 g/mol. The van der Waals surface area contributed by atoms with Crippen molar-refractivity contribution in [3.63, 3.8) is 0 Å². The van der Waals surface area contributed by atoms with E-state index in [0.29, 0.717) is 6.54 Å². The Bertz CT molecular complexity index is 345. The van der Waals surface area contributed by atoms with E-state index < -0.39 is 0 Å². The summed E-state index contributed by atoms with van der Waals surface area (Å²) in [5.74, 6) is 0. The summed E-state index contributed by atoms with van der Waals surface area (Å²) in [4.78, 5) is 2.49. The van der Waals surface area contributed by atoms with Crippen LogP contribution in [-0.2, 0) is 6.54 Å². The maximum atomic E-state index is 9.15. The number of likely N-dealkylation sites (tertiary alicyclic amines) is 1. The highest BCUT2D eigenvalue weighted by atomic mass is 16.3.